The Bertz CT molecular complexity index is 193. The predicted molar refractivity (Wildman–Crippen MR) is 61.4 cm³/mol. The molecule has 2 fully saturated rings. The smallest absolute Gasteiger partial charge is 0.133 e. The Hall–Kier alpha value is -0.410. The van der Waals surface area contributed by atoms with E-state index in [2.05, 4.69) is 0 Å². The van der Waals surface area contributed by atoms with Gasteiger partial charge >= 0.3 is 0 Å². The molecule has 0 aromatic carbocycles. The van der Waals surface area contributed by atoms with E-state index in [0.29, 0.717) is 30.8 Å². The molecule has 92 valence electrons. The van der Waals surface area contributed by atoms with Crippen molar-refractivity contribution in [1.29, 1.82) is 0 Å². The number of Topliss-reactive ketones (excluding diaryl/α,β-unsaturated/α-hetero) is 1. The summed E-state index contributed by atoms with van der Waals surface area (Å²) in [6, 6.07) is 0. The van der Waals surface area contributed by atoms with Crippen LogP contribution in [0.1, 0.15) is 51.4 Å². The summed E-state index contributed by atoms with van der Waals surface area (Å²) in [7, 11) is 0. The van der Waals surface area contributed by atoms with Crippen molar-refractivity contribution in [2.45, 2.75) is 63.6 Å². The number of carbonyl (C=O) groups is 1. The number of ketones is 1. The van der Waals surface area contributed by atoms with Crippen LogP contribution in [-0.4, -0.2) is 31.2 Å². The van der Waals surface area contributed by atoms with Crippen molar-refractivity contribution in [1.82, 2.24) is 0 Å². The summed E-state index contributed by atoms with van der Waals surface area (Å²) in [6.45, 7) is 1.77. The van der Waals surface area contributed by atoms with Crippen LogP contribution >= 0.6 is 0 Å². The summed E-state index contributed by atoms with van der Waals surface area (Å²) >= 11 is 0. The Morgan fingerprint density at radius 2 is 1.44 bits per heavy atom. The Morgan fingerprint density at radius 1 is 0.938 bits per heavy atom. The Labute approximate surface area is 97.5 Å². The molecular formula is C13H22O3. The minimum absolute atomic E-state index is 0.353. The van der Waals surface area contributed by atoms with Gasteiger partial charge in [-0.2, -0.15) is 0 Å². The predicted octanol–water partition coefficient (Wildman–Crippen LogP) is 2.47. The van der Waals surface area contributed by atoms with Gasteiger partial charge < -0.3 is 9.47 Å². The average molecular weight is 226 g/mol. The molecule has 0 saturated carbocycles. The van der Waals surface area contributed by atoms with E-state index < -0.39 is 0 Å². The molecule has 2 heterocycles. The lowest BCUT2D eigenvalue weighted by molar-refractivity contribution is -0.120. The maximum atomic E-state index is 11.6. The maximum absolute atomic E-state index is 11.6. The van der Waals surface area contributed by atoms with Gasteiger partial charge in [-0.1, -0.05) is 0 Å². The zero-order valence-electron chi connectivity index (χ0n) is 9.95. The van der Waals surface area contributed by atoms with Gasteiger partial charge in [-0.15, -0.1) is 0 Å². The van der Waals surface area contributed by atoms with Gasteiger partial charge in [0.1, 0.15) is 5.78 Å². The lowest BCUT2D eigenvalue weighted by Gasteiger charge is -2.10. The Kier molecular flexibility index (Phi) is 4.79. The number of rotatable bonds is 6. The second-order valence-electron chi connectivity index (χ2n) is 4.89. The lowest BCUT2D eigenvalue weighted by atomic mass is 10.0. The zero-order valence-corrected chi connectivity index (χ0v) is 9.95. The van der Waals surface area contributed by atoms with Crippen molar-refractivity contribution < 1.29 is 14.3 Å². The Morgan fingerprint density at radius 3 is 1.81 bits per heavy atom. The van der Waals surface area contributed by atoms with E-state index in [1.807, 2.05) is 0 Å². The van der Waals surface area contributed by atoms with E-state index in [1.54, 1.807) is 0 Å². The van der Waals surface area contributed by atoms with Crippen LogP contribution in [0.2, 0.25) is 0 Å². The first-order valence-electron chi connectivity index (χ1n) is 6.59. The van der Waals surface area contributed by atoms with E-state index in [0.717, 1.165) is 51.7 Å². The van der Waals surface area contributed by atoms with Crippen LogP contribution in [0, 0.1) is 0 Å². The molecule has 0 aromatic rings. The average Bonchev–Trinajstić information content (AvgIpc) is 2.96. The first-order chi connectivity index (χ1) is 7.84. The van der Waals surface area contributed by atoms with Gasteiger partial charge in [0.15, 0.2) is 0 Å². The summed E-state index contributed by atoms with van der Waals surface area (Å²) in [5, 5.41) is 0. The Balaban J connectivity index is 1.53. The second-order valence-corrected chi connectivity index (χ2v) is 4.89. The van der Waals surface area contributed by atoms with Crippen LogP contribution in [0.3, 0.4) is 0 Å². The SMILES string of the molecule is O=C(CCC1CCCO1)CCC1CCCO1. The fourth-order valence-electron chi connectivity index (χ4n) is 2.51. The molecule has 0 aromatic heterocycles. The monoisotopic (exact) mass is 226 g/mol. The van der Waals surface area contributed by atoms with E-state index in [9.17, 15) is 4.79 Å². The number of hydrogen-bond acceptors (Lipinski definition) is 3. The fraction of sp³-hybridized carbons (Fsp3) is 0.923. The molecule has 2 aliphatic heterocycles. The highest BCUT2D eigenvalue weighted by molar-refractivity contribution is 5.78. The van der Waals surface area contributed by atoms with Crippen LogP contribution in [0.5, 0.6) is 0 Å². The topological polar surface area (TPSA) is 35.5 Å². The summed E-state index contributed by atoms with van der Waals surface area (Å²) in [6.07, 6.45) is 8.53. The molecule has 0 aliphatic carbocycles. The van der Waals surface area contributed by atoms with Gasteiger partial charge in [0, 0.05) is 26.1 Å². The van der Waals surface area contributed by atoms with Gasteiger partial charge in [-0.05, 0) is 38.5 Å². The van der Waals surface area contributed by atoms with Crippen molar-refractivity contribution in [3.05, 3.63) is 0 Å². The molecule has 2 unspecified atom stereocenters. The zero-order chi connectivity index (χ0) is 11.2. The molecule has 0 radical (unpaired) electrons. The van der Waals surface area contributed by atoms with Crippen molar-refractivity contribution in [2.75, 3.05) is 13.2 Å². The van der Waals surface area contributed by atoms with Crippen molar-refractivity contribution >= 4 is 5.78 Å². The van der Waals surface area contributed by atoms with Crippen molar-refractivity contribution in [3.63, 3.8) is 0 Å². The normalized spacial score (nSPS) is 29.8. The molecule has 2 aliphatic rings. The number of hydrogen-bond donors (Lipinski definition) is 0. The second kappa shape index (κ2) is 6.36. The molecular weight excluding hydrogens is 204 g/mol. The van der Waals surface area contributed by atoms with Gasteiger partial charge in [-0.25, -0.2) is 0 Å². The van der Waals surface area contributed by atoms with Gasteiger partial charge in [0.2, 0.25) is 0 Å². The van der Waals surface area contributed by atoms with Gasteiger partial charge in [0.25, 0.3) is 0 Å². The van der Waals surface area contributed by atoms with Crippen LogP contribution < -0.4 is 0 Å². The first kappa shape index (κ1) is 12.1. The third kappa shape index (κ3) is 3.87. The number of ether oxygens (including phenoxy) is 2. The lowest BCUT2D eigenvalue weighted by Crippen LogP contribution is -2.11. The molecule has 0 spiro atoms. The minimum atomic E-state index is 0.353. The molecule has 3 nitrogen and oxygen atoms in total. The quantitative estimate of drug-likeness (QED) is 0.698. The molecule has 0 amide bonds. The van der Waals surface area contributed by atoms with Crippen LogP contribution in [-0.2, 0) is 14.3 Å². The molecule has 2 saturated heterocycles. The summed E-state index contributed by atoms with van der Waals surface area (Å²) in [4.78, 5) is 11.6. The minimum Gasteiger partial charge on any atom is -0.378 e. The molecule has 3 heteroatoms. The molecule has 0 N–H and O–H groups in total. The molecule has 0 bridgehead atoms. The first-order valence-corrected chi connectivity index (χ1v) is 6.59. The van der Waals surface area contributed by atoms with Gasteiger partial charge in [0.05, 0.1) is 12.2 Å². The third-order valence-electron chi connectivity index (χ3n) is 3.54. The highest BCUT2D eigenvalue weighted by Crippen LogP contribution is 2.20. The van der Waals surface area contributed by atoms with E-state index >= 15 is 0 Å². The number of carbonyl (C=O) groups excluding carboxylic acids is 1. The molecule has 16 heavy (non-hydrogen) atoms. The van der Waals surface area contributed by atoms with E-state index in [4.69, 9.17) is 9.47 Å². The largest absolute Gasteiger partial charge is 0.378 e. The van der Waals surface area contributed by atoms with Crippen LogP contribution in [0.4, 0.5) is 0 Å². The fourth-order valence-corrected chi connectivity index (χ4v) is 2.51. The van der Waals surface area contributed by atoms with Crippen LogP contribution in [0.25, 0.3) is 0 Å². The summed E-state index contributed by atoms with van der Waals surface area (Å²) in [5.74, 6) is 0.381. The highest BCUT2D eigenvalue weighted by Gasteiger charge is 2.19. The standard InChI is InChI=1S/C13H22O3/c14-11(5-7-12-3-1-9-15-12)6-8-13-4-2-10-16-13/h12-13H,1-10H2. The molecule has 2 rings (SSSR count). The maximum Gasteiger partial charge on any atom is 0.133 e. The van der Waals surface area contributed by atoms with E-state index in [1.165, 1.54) is 0 Å². The van der Waals surface area contributed by atoms with E-state index in [-0.39, 0.29) is 0 Å². The molecule has 2 atom stereocenters. The highest BCUT2D eigenvalue weighted by atomic mass is 16.5. The van der Waals surface area contributed by atoms with Crippen molar-refractivity contribution in [2.24, 2.45) is 0 Å². The summed E-state index contributed by atoms with van der Waals surface area (Å²) < 4.78 is 11.0. The summed E-state index contributed by atoms with van der Waals surface area (Å²) in [5.41, 5.74) is 0. The van der Waals surface area contributed by atoms with Crippen LogP contribution in [0.15, 0.2) is 0 Å². The van der Waals surface area contributed by atoms with Crippen molar-refractivity contribution in [3.8, 4) is 0 Å². The van der Waals surface area contributed by atoms with Gasteiger partial charge in [-0.3, -0.25) is 4.79 Å². The third-order valence-corrected chi connectivity index (χ3v) is 3.54.